The van der Waals surface area contributed by atoms with Crippen molar-refractivity contribution < 1.29 is 17.6 Å². The molecule has 5 nitrogen and oxygen atoms in total. The number of benzene rings is 1. The van der Waals surface area contributed by atoms with Gasteiger partial charge in [-0.3, -0.25) is 4.79 Å². The first-order valence-electron chi connectivity index (χ1n) is 6.84. The molecule has 0 radical (unpaired) electrons. The summed E-state index contributed by atoms with van der Waals surface area (Å²) in [5.41, 5.74) is -1.48. The van der Waals surface area contributed by atoms with E-state index in [1.165, 1.54) is 6.20 Å². The van der Waals surface area contributed by atoms with Gasteiger partial charge in [0.2, 0.25) is 5.89 Å². The van der Waals surface area contributed by atoms with E-state index in [4.69, 9.17) is 16.0 Å². The Kier molecular flexibility index (Phi) is 4.87. The number of H-pyrrole nitrogens is 1. The Balaban J connectivity index is 1.76. The zero-order valence-electron chi connectivity index (χ0n) is 12.3. The fourth-order valence-electron chi connectivity index (χ4n) is 1.94. The van der Waals surface area contributed by atoms with Gasteiger partial charge in [0.1, 0.15) is 0 Å². The minimum absolute atomic E-state index is 0.0920. The zero-order chi connectivity index (χ0) is 18.0. The maximum Gasteiger partial charge on any atom is 0.433 e. The lowest BCUT2D eigenvalue weighted by Crippen LogP contribution is -2.16. The van der Waals surface area contributed by atoms with E-state index in [1.54, 1.807) is 24.3 Å². The number of thioether (sulfide) groups is 1. The molecule has 3 aromatic rings. The molecule has 0 amide bonds. The second kappa shape index (κ2) is 6.93. The van der Waals surface area contributed by atoms with Crippen LogP contribution in [0.2, 0.25) is 5.02 Å². The molecule has 0 saturated heterocycles. The molecule has 1 N–H and O–H groups in total. The molecule has 3 rings (SSSR count). The van der Waals surface area contributed by atoms with Gasteiger partial charge in [-0.1, -0.05) is 35.5 Å². The number of aromatic amines is 1. The number of alkyl halides is 3. The molecule has 1 aromatic carbocycles. The van der Waals surface area contributed by atoms with Crippen LogP contribution in [0, 0.1) is 0 Å². The van der Waals surface area contributed by atoms with E-state index < -0.39 is 17.4 Å². The van der Waals surface area contributed by atoms with Crippen molar-refractivity contribution in [3.05, 3.63) is 63.5 Å². The van der Waals surface area contributed by atoms with Gasteiger partial charge in [-0.25, -0.2) is 9.97 Å². The summed E-state index contributed by atoms with van der Waals surface area (Å²) in [7, 11) is 0. The summed E-state index contributed by atoms with van der Waals surface area (Å²) < 4.78 is 43.6. The second-order valence-corrected chi connectivity index (χ2v) is 6.19. The average Bonchev–Trinajstić information content (AvgIpc) is 3.01. The molecule has 0 atom stereocenters. The first-order chi connectivity index (χ1) is 11.8. The van der Waals surface area contributed by atoms with Crippen molar-refractivity contribution in [3.8, 4) is 11.3 Å². The molecule has 2 aromatic heterocycles. The maximum atomic E-state index is 12.7. The lowest BCUT2D eigenvalue weighted by molar-refractivity contribution is -0.141. The molecule has 0 aliphatic carbocycles. The number of oxazole rings is 1. The van der Waals surface area contributed by atoms with E-state index in [2.05, 4.69) is 15.0 Å². The van der Waals surface area contributed by atoms with Crippen LogP contribution in [-0.4, -0.2) is 15.0 Å². The van der Waals surface area contributed by atoms with E-state index in [0.29, 0.717) is 22.4 Å². The maximum absolute atomic E-state index is 12.7. The third-order valence-corrected chi connectivity index (χ3v) is 4.22. The molecule has 0 unspecified atom stereocenters. The number of nitrogens with zero attached hydrogens (tertiary/aromatic N) is 2. The van der Waals surface area contributed by atoms with Gasteiger partial charge in [0.15, 0.2) is 16.6 Å². The average molecular weight is 388 g/mol. The van der Waals surface area contributed by atoms with Crippen LogP contribution in [0.5, 0.6) is 0 Å². The molecule has 0 spiro atoms. The first-order valence-corrected chi connectivity index (χ1v) is 8.20. The van der Waals surface area contributed by atoms with Gasteiger partial charge in [-0.2, -0.15) is 13.2 Å². The van der Waals surface area contributed by atoms with E-state index in [0.717, 1.165) is 11.8 Å². The summed E-state index contributed by atoms with van der Waals surface area (Å²) in [6.45, 7) is 0. The van der Waals surface area contributed by atoms with Crippen LogP contribution in [0.15, 0.2) is 50.9 Å². The predicted molar refractivity (Wildman–Crippen MR) is 86.4 cm³/mol. The Morgan fingerprint density at radius 1 is 1.28 bits per heavy atom. The summed E-state index contributed by atoms with van der Waals surface area (Å²) in [5, 5.41) is 0.319. The van der Waals surface area contributed by atoms with Crippen LogP contribution in [0.1, 0.15) is 11.6 Å². The monoisotopic (exact) mass is 387 g/mol. The molecular weight excluding hydrogens is 379 g/mol. The van der Waals surface area contributed by atoms with Crippen LogP contribution in [0.25, 0.3) is 11.3 Å². The lowest BCUT2D eigenvalue weighted by Gasteiger charge is -2.06. The highest BCUT2D eigenvalue weighted by Crippen LogP contribution is 2.30. The molecule has 0 bridgehead atoms. The van der Waals surface area contributed by atoms with Gasteiger partial charge in [0, 0.05) is 11.6 Å². The van der Waals surface area contributed by atoms with E-state index in [-0.39, 0.29) is 16.8 Å². The van der Waals surface area contributed by atoms with Crippen LogP contribution in [-0.2, 0) is 11.9 Å². The summed E-state index contributed by atoms with van der Waals surface area (Å²) in [5.74, 6) is 0.793. The van der Waals surface area contributed by atoms with Gasteiger partial charge in [-0.05, 0) is 12.1 Å². The number of hydrogen-bond acceptors (Lipinski definition) is 5. The number of rotatable bonds is 4. The Labute approximate surface area is 148 Å². The van der Waals surface area contributed by atoms with Crippen LogP contribution in [0.3, 0.4) is 0 Å². The lowest BCUT2D eigenvalue weighted by atomic mass is 10.2. The summed E-state index contributed by atoms with van der Waals surface area (Å²) >= 11 is 6.94. The molecular formula is C15H9ClF3N3O2S. The smallest absolute Gasteiger partial charge is 0.433 e. The molecule has 2 heterocycles. The number of aromatic nitrogens is 3. The third kappa shape index (κ3) is 4.23. The quantitative estimate of drug-likeness (QED) is 0.531. The Morgan fingerprint density at radius 2 is 2.04 bits per heavy atom. The fraction of sp³-hybridized carbons (Fsp3) is 0.133. The van der Waals surface area contributed by atoms with Gasteiger partial charge in [-0.15, -0.1) is 0 Å². The normalized spacial score (nSPS) is 11.7. The van der Waals surface area contributed by atoms with Crippen molar-refractivity contribution in [2.24, 2.45) is 0 Å². The molecule has 0 saturated carbocycles. The molecule has 25 heavy (non-hydrogen) atoms. The number of nitrogens with one attached hydrogen (secondary N) is 1. The number of hydrogen-bond donors (Lipinski definition) is 1. The minimum Gasteiger partial charge on any atom is -0.440 e. The van der Waals surface area contributed by atoms with Gasteiger partial charge < -0.3 is 9.40 Å². The van der Waals surface area contributed by atoms with Crippen molar-refractivity contribution in [2.45, 2.75) is 17.1 Å². The molecule has 10 heteroatoms. The van der Waals surface area contributed by atoms with E-state index in [1.807, 2.05) is 0 Å². The van der Waals surface area contributed by atoms with Crippen molar-refractivity contribution in [1.82, 2.24) is 15.0 Å². The van der Waals surface area contributed by atoms with Crippen molar-refractivity contribution in [1.29, 1.82) is 0 Å². The molecule has 130 valence electrons. The van der Waals surface area contributed by atoms with Crippen LogP contribution < -0.4 is 5.56 Å². The largest absolute Gasteiger partial charge is 0.440 e. The van der Waals surface area contributed by atoms with Crippen molar-refractivity contribution >= 4 is 23.4 Å². The number of halogens is 4. The SMILES string of the molecule is O=c1cc(C(F)(F)F)nc(SCc2ncc(-c3ccccc3Cl)o2)[nH]1. The summed E-state index contributed by atoms with van der Waals surface area (Å²) in [4.78, 5) is 21.0. The fourth-order valence-corrected chi connectivity index (χ4v) is 2.90. The first kappa shape index (κ1) is 17.6. The Morgan fingerprint density at radius 3 is 2.76 bits per heavy atom. The highest BCUT2D eigenvalue weighted by molar-refractivity contribution is 7.98. The van der Waals surface area contributed by atoms with Crippen molar-refractivity contribution in [2.75, 3.05) is 0 Å². The predicted octanol–water partition coefficient (Wildman–Crippen LogP) is 4.39. The van der Waals surface area contributed by atoms with Crippen LogP contribution in [0.4, 0.5) is 13.2 Å². The molecule has 0 fully saturated rings. The highest BCUT2D eigenvalue weighted by atomic mass is 35.5. The zero-order valence-corrected chi connectivity index (χ0v) is 13.9. The van der Waals surface area contributed by atoms with Gasteiger partial charge in [0.05, 0.1) is 17.0 Å². The van der Waals surface area contributed by atoms with E-state index >= 15 is 0 Å². The van der Waals surface area contributed by atoms with E-state index in [9.17, 15) is 18.0 Å². The van der Waals surface area contributed by atoms with Gasteiger partial charge in [0.25, 0.3) is 5.56 Å². The Hall–Kier alpha value is -2.26. The highest BCUT2D eigenvalue weighted by Gasteiger charge is 2.33. The second-order valence-electron chi connectivity index (χ2n) is 4.82. The molecule has 0 aliphatic rings. The van der Waals surface area contributed by atoms with Gasteiger partial charge >= 0.3 is 6.18 Å². The standard InChI is InChI=1S/C15H9ClF3N3O2S/c16-9-4-2-1-3-8(9)10-6-20-13(24-10)7-25-14-21-11(15(17,18)19)5-12(23)22-14/h1-6H,7H2,(H,21,22,23). The summed E-state index contributed by atoms with van der Waals surface area (Å²) in [6, 6.07) is 7.42. The third-order valence-electron chi connectivity index (χ3n) is 3.04. The van der Waals surface area contributed by atoms with Crippen LogP contribution >= 0.6 is 23.4 Å². The Bertz CT molecular complexity index is 955. The minimum atomic E-state index is -4.69. The summed E-state index contributed by atoms with van der Waals surface area (Å²) in [6.07, 6.45) is -3.22. The molecule has 0 aliphatic heterocycles. The topological polar surface area (TPSA) is 71.8 Å². The van der Waals surface area contributed by atoms with Crippen molar-refractivity contribution in [3.63, 3.8) is 0 Å².